The highest BCUT2D eigenvalue weighted by atomic mass is 35.5. The molecule has 4 rings (SSSR count). The molecule has 0 unspecified atom stereocenters. The van der Waals surface area contributed by atoms with Crippen LogP contribution in [0.4, 0.5) is 5.69 Å². The van der Waals surface area contributed by atoms with Gasteiger partial charge in [-0.25, -0.2) is 0 Å². The summed E-state index contributed by atoms with van der Waals surface area (Å²) >= 11 is 1.85. The van der Waals surface area contributed by atoms with Gasteiger partial charge in [-0.2, -0.15) is 0 Å². The van der Waals surface area contributed by atoms with Gasteiger partial charge in [-0.05, 0) is 41.5 Å². The first-order valence-electron chi connectivity index (χ1n) is 10.1. The van der Waals surface area contributed by atoms with Crippen LogP contribution in [0.15, 0.2) is 88.8 Å². The molecular weight excluding hydrogens is 424 g/mol. The lowest BCUT2D eigenvalue weighted by atomic mass is 10.1. The molecule has 0 amide bonds. The number of fused-ring (bicyclic) bond motifs is 1. The van der Waals surface area contributed by atoms with Crippen molar-refractivity contribution in [1.82, 2.24) is 0 Å². The molecule has 0 aliphatic carbocycles. The molecule has 1 aliphatic rings. The summed E-state index contributed by atoms with van der Waals surface area (Å²) in [6.45, 7) is 1.74. The van der Waals surface area contributed by atoms with Gasteiger partial charge < -0.3 is 9.64 Å². The van der Waals surface area contributed by atoms with E-state index in [-0.39, 0.29) is 12.4 Å². The SMILES string of the molecule is COc1ccc(CSc2ccccc2/C=C/C2=NCCN(C)c3ccccc32)cc1.Cl. The number of rotatable bonds is 6. The first kappa shape index (κ1) is 23.0. The molecule has 0 spiro atoms. The number of benzene rings is 3. The van der Waals surface area contributed by atoms with Crippen molar-refractivity contribution < 1.29 is 4.74 Å². The van der Waals surface area contributed by atoms with Gasteiger partial charge in [0.1, 0.15) is 5.75 Å². The Morgan fingerprint density at radius 1 is 0.968 bits per heavy atom. The van der Waals surface area contributed by atoms with Crippen LogP contribution in [-0.2, 0) is 5.75 Å². The molecule has 0 N–H and O–H groups in total. The summed E-state index contributed by atoms with van der Waals surface area (Å²) in [4.78, 5) is 8.38. The summed E-state index contributed by atoms with van der Waals surface area (Å²) in [5.41, 5.74) is 5.97. The molecule has 0 atom stereocenters. The molecule has 160 valence electrons. The number of hydrogen-bond donors (Lipinski definition) is 0. The molecule has 3 nitrogen and oxygen atoms in total. The van der Waals surface area contributed by atoms with Gasteiger partial charge >= 0.3 is 0 Å². The predicted molar refractivity (Wildman–Crippen MR) is 136 cm³/mol. The van der Waals surface area contributed by atoms with E-state index in [9.17, 15) is 0 Å². The molecule has 1 aliphatic heterocycles. The predicted octanol–water partition coefficient (Wildman–Crippen LogP) is 6.36. The van der Waals surface area contributed by atoms with Gasteiger partial charge in [0.25, 0.3) is 0 Å². The summed E-state index contributed by atoms with van der Waals surface area (Å²) in [5, 5.41) is 0. The van der Waals surface area contributed by atoms with Gasteiger partial charge in [0.05, 0.1) is 19.4 Å². The second kappa shape index (κ2) is 11.1. The van der Waals surface area contributed by atoms with Crippen molar-refractivity contribution in [3.05, 3.63) is 95.6 Å². The number of likely N-dealkylation sites (N-methyl/N-ethyl adjacent to an activating group) is 1. The van der Waals surface area contributed by atoms with Crippen molar-refractivity contribution in [2.45, 2.75) is 10.6 Å². The zero-order valence-electron chi connectivity index (χ0n) is 17.8. The van der Waals surface area contributed by atoms with Crippen LogP contribution in [0.25, 0.3) is 6.08 Å². The van der Waals surface area contributed by atoms with Gasteiger partial charge in [0.2, 0.25) is 0 Å². The molecule has 0 aromatic heterocycles. The minimum atomic E-state index is 0. The number of halogens is 1. The molecule has 3 aromatic carbocycles. The third kappa shape index (κ3) is 5.72. The van der Waals surface area contributed by atoms with Crippen LogP contribution >= 0.6 is 24.2 Å². The average molecular weight is 451 g/mol. The first-order valence-corrected chi connectivity index (χ1v) is 11.1. The van der Waals surface area contributed by atoms with E-state index in [1.165, 1.54) is 27.3 Å². The Bertz CT molecular complexity index is 1060. The topological polar surface area (TPSA) is 24.8 Å². The monoisotopic (exact) mass is 450 g/mol. The molecule has 0 fully saturated rings. The van der Waals surface area contributed by atoms with Crippen LogP contribution in [0.2, 0.25) is 0 Å². The third-order valence-corrected chi connectivity index (χ3v) is 6.36. The number of ether oxygens (including phenoxy) is 1. The van der Waals surface area contributed by atoms with Crippen molar-refractivity contribution >= 4 is 41.6 Å². The lowest BCUT2D eigenvalue weighted by Gasteiger charge is -2.18. The lowest BCUT2D eigenvalue weighted by Crippen LogP contribution is -2.20. The zero-order chi connectivity index (χ0) is 20.8. The Kier molecular flexibility index (Phi) is 8.21. The standard InChI is InChI=1S/C26H26N2OS.ClH/c1-28-18-17-27-24(23-8-4-5-9-25(23)28)16-13-21-7-3-6-10-26(21)30-19-20-11-14-22(29-2)15-12-20;/h3-16H,17-19H2,1-2H3;1H/b16-13+;. The molecule has 5 heteroatoms. The molecule has 0 saturated carbocycles. The smallest absolute Gasteiger partial charge is 0.118 e. The molecule has 31 heavy (non-hydrogen) atoms. The number of hydrogen-bond acceptors (Lipinski definition) is 4. The first-order chi connectivity index (χ1) is 14.7. The molecule has 1 heterocycles. The van der Waals surface area contributed by atoms with Crippen molar-refractivity contribution in [1.29, 1.82) is 0 Å². The highest BCUT2D eigenvalue weighted by molar-refractivity contribution is 7.98. The molecule has 3 aromatic rings. The zero-order valence-corrected chi connectivity index (χ0v) is 19.5. The van der Waals surface area contributed by atoms with E-state index < -0.39 is 0 Å². The molecule has 0 radical (unpaired) electrons. The summed E-state index contributed by atoms with van der Waals surface area (Å²) in [7, 11) is 3.83. The minimum Gasteiger partial charge on any atom is -0.497 e. The maximum absolute atomic E-state index is 5.25. The number of benzodiazepines with no additional fused rings is 1. The summed E-state index contributed by atoms with van der Waals surface area (Å²) < 4.78 is 5.25. The average Bonchev–Trinajstić information content (AvgIpc) is 2.96. The van der Waals surface area contributed by atoms with Gasteiger partial charge in [0, 0.05) is 35.5 Å². The van der Waals surface area contributed by atoms with Crippen molar-refractivity contribution in [3.8, 4) is 5.75 Å². The maximum Gasteiger partial charge on any atom is 0.118 e. The summed E-state index contributed by atoms with van der Waals surface area (Å²) in [6.07, 6.45) is 4.35. The minimum absolute atomic E-state index is 0. The number of anilines is 1. The van der Waals surface area contributed by atoms with Gasteiger partial charge in [0.15, 0.2) is 0 Å². The number of para-hydroxylation sites is 1. The summed E-state index contributed by atoms with van der Waals surface area (Å²) in [5.74, 6) is 1.81. The van der Waals surface area contributed by atoms with E-state index in [1.807, 2.05) is 23.9 Å². The van der Waals surface area contributed by atoms with Gasteiger partial charge in [-0.1, -0.05) is 54.6 Å². The van der Waals surface area contributed by atoms with Gasteiger partial charge in [-0.15, -0.1) is 24.2 Å². The highest BCUT2D eigenvalue weighted by Crippen LogP contribution is 2.29. The number of allylic oxidation sites excluding steroid dienone is 1. The molecule has 0 bridgehead atoms. The van der Waals surface area contributed by atoms with Crippen LogP contribution in [0.5, 0.6) is 5.75 Å². The fourth-order valence-electron chi connectivity index (χ4n) is 3.49. The third-order valence-electron chi connectivity index (χ3n) is 5.20. The largest absolute Gasteiger partial charge is 0.497 e. The van der Waals surface area contributed by atoms with Crippen LogP contribution in [0, 0.1) is 0 Å². The number of aliphatic imine (C=N–C) groups is 1. The van der Waals surface area contributed by atoms with Crippen molar-refractivity contribution in [3.63, 3.8) is 0 Å². The second-order valence-corrected chi connectivity index (χ2v) is 8.23. The van der Waals surface area contributed by atoms with E-state index in [0.717, 1.165) is 30.3 Å². The van der Waals surface area contributed by atoms with Gasteiger partial charge in [-0.3, -0.25) is 4.99 Å². The van der Waals surface area contributed by atoms with Crippen molar-refractivity contribution in [2.75, 3.05) is 32.1 Å². The maximum atomic E-state index is 5.25. The van der Waals surface area contributed by atoms with Crippen LogP contribution in [-0.4, -0.2) is 33.0 Å². The second-order valence-electron chi connectivity index (χ2n) is 7.21. The molecule has 0 saturated heterocycles. The van der Waals surface area contributed by atoms with Crippen LogP contribution in [0.1, 0.15) is 16.7 Å². The quantitative estimate of drug-likeness (QED) is 0.408. The van der Waals surface area contributed by atoms with Crippen LogP contribution in [0.3, 0.4) is 0 Å². The van der Waals surface area contributed by atoms with E-state index in [4.69, 9.17) is 9.73 Å². The number of thioether (sulfide) groups is 1. The fraction of sp³-hybridized carbons (Fsp3) is 0.192. The summed E-state index contributed by atoms with van der Waals surface area (Å²) in [6, 6.07) is 25.3. The Hall–Kier alpha value is -2.69. The van der Waals surface area contributed by atoms with E-state index in [0.29, 0.717) is 0 Å². The van der Waals surface area contributed by atoms with E-state index in [2.05, 4.69) is 84.8 Å². The lowest BCUT2D eigenvalue weighted by molar-refractivity contribution is 0.414. The Morgan fingerprint density at radius 2 is 1.71 bits per heavy atom. The highest BCUT2D eigenvalue weighted by Gasteiger charge is 2.13. The van der Waals surface area contributed by atoms with Crippen molar-refractivity contribution in [2.24, 2.45) is 4.99 Å². The van der Waals surface area contributed by atoms with E-state index in [1.54, 1.807) is 7.11 Å². The Labute approximate surface area is 195 Å². The molecular formula is C26H27ClN2OS. The normalized spacial score (nSPS) is 13.2. The number of nitrogens with zero attached hydrogens (tertiary/aromatic N) is 2. The van der Waals surface area contributed by atoms with Crippen LogP contribution < -0.4 is 9.64 Å². The fourth-order valence-corrected chi connectivity index (χ4v) is 4.49. The Morgan fingerprint density at radius 3 is 2.52 bits per heavy atom. The number of methoxy groups -OCH3 is 1. The Balaban J connectivity index is 0.00000272. The van der Waals surface area contributed by atoms with E-state index >= 15 is 0 Å².